The minimum absolute atomic E-state index is 0.00242. The Morgan fingerprint density at radius 3 is 2.53 bits per heavy atom. The van der Waals surface area contributed by atoms with Gasteiger partial charge in [-0.05, 0) is 87.0 Å². The molecule has 0 unspecified atom stereocenters. The average Bonchev–Trinajstić information content (AvgIpc) is 3.64. The molecule has 0 amide bonds. The Morgan fingerprint density at radius 1 is 1.00 bits per heavy atom. The smallest absolute Gasteiger partial charge is 0.297 e. The third-order valence-corrected chi connectivity index (χ3v) is 10.7. The summed E-state index contributed by atoms with van der Waals surface area (Å²) in [5.74, 6) is 1.50. The first-order valence-electron chi connectivity index (χ1n) is 15.4. The predicted molar refractivity (Wildman–Crippen MR) is 160 cm³/mol. The summed E-state index contributed by atoms with van der Waals surface area (Å²) in [6.45, 7) is 5.49. The Morgan fingerprint density at radius 2 is 1.77 bits per heavy atom. The van der Waals surface area contributed by atoms with Gasteiger partial charge < -0.3 is 28.4 Å². The van der Waals surface area contributed by atoms with Crippen molar-refractivity contribution in [2.75, 3.05) is 46.6 Å². The lowest BCUT2D eigenvalue weighted by Gasteiger charge is -2.42. The van der Waals surface area contributed by atoms with E-state index in [1.54, 1.807) is 32.2 Å². The minimum atomic E-state index is -3.91. The molecule has 1 aromatic heterocycles. The Balaban J connectivity index is 1.06. The number of hydrogen-bond donors (Lipinski definition) is 0. The van der Waals surface area contributed by atoms with E-state index < -0.39 is 15.7 Å². The van der Waals surface area contributed by atoms with Crippen LogP contribution < -0.4 is 9.47 Å². The molecule has 1 aliphatic carbocycles. The number of aryl methyl sites for hydroxylation is 1. The number of rotatable bonds is 11. The minimum Gasteiger partial charge on any atom is -0.487 e. The lowest BCUT2D eigenvalue weighted by atomic mass is 9.91. The number of aromatic nitrogens is 1. The van der Waals surface area contributed by atoms with Crippen molar-refractivity contribution < 1.29 is 36.1 Å². The Hall–Kier alpha value is -2.70. The van der Waals surface area contributed by atoms with Crippen LogP contribution >= 0.6 is 0 Å². The molecule has 0 radical (unpaired) electrons. The summed E-state index contributed by atoms with van der Waals surface area (Å²) in [6.07, 6.45) is 6.03. The van der Waals surface area contributed by atoms with Gasteiger partial charge >= 0.3 is 0 Å². The van der Waals surface area contributed by atoms with E-state index >= 15 is 0 Å². The molecule has 234 valence electrons. The number of hydrogen-bond acceptors (Lipinski definition) is 10. The van der Waals surface area contributed by atoms with Gasteiger partial charge in [-0.15, -0.1) is 0 Å². The molecule has 3 fully saturated rings. The Bertz CT molecular complexity index is 1480. The second-order valence-electron chi connectivity index (χ2n) is 12.1. The van der Waals surface area contributed by atoms with Gasteiger partial charge in [-0.3, -0.25) is 4.18 Å². The number of nitrogens with zero attached hydrogens (tertiary/aromatic N) is 2. The van der Waals surface area contributed by atoms with Crippen LogP contribution in [-0.2, 0) is 23.8 Å². The second-order valence-corrected chi connectivity index (χ2v) is 13.6. The number of likely N-dealkylation sites (tertiary alicyclic amines) is 1. The predicted octanol–water partition coefficient (Wildman–Crippen LogP) is 5.13. The maximum atomic E-state index is 13.3. The van der Waals surface area contributed by atoms with E-state index in [-0.39, 0.29) is 17.1 Å². The summed E-state index contributed by atoms with van der Waals surface area (Å²) < 4.78 is 62.1. The molecule has 43 heavy (non-hydrogen) atoms. The number of piperidine rings is 1. The quantitative estimate of drug-likeness (QED) is 0.270. The zero-order chi connectivity index (χ0) is 29.9. The van der Waals surface area contributed by atoms with Crippen molar-refractivity contribution in [1.82, 2.24) is 10.1 Å². The van der Waals surface area contributed by atoms with Gasteiger partial charge in [0.2, 0.25) is 0 Å². The van der Waals surface area contributed by atoms with Crippen molar-refractivity contribution in [3.8, 4) is 11.6 Å². The van der Waals surface area contributed by atoms with Gasteiger partial charge in [0, 0.05) is 39.7 Å². The molecule has 3 aromatic rings. The highest BCUT2D eigenvalue weighted by Crippen LogP contribution is 2.37. The van der Waals surface area contributed by atoms with Crippen LogP contribution in [0, 0.1) is 12.8 Å². The first-order valence-corrected chi connectivity index (χ1v) is 16.8. The number of ether oxygens (including phenoxy) is 4. The monoisotopic (exact) mass is 614 g/mol. The highest BCUT2D eigenvalue weighted by Gasteiger charge is 2.41. The molecule has 0 spiro atoms. The van der Waals surface area contributed by atoms with Crippen molar-refractivity contribution in [1.29, 1.82) is 0 Å². The molecular formula is C32H42N2O8S. The van der Waals surface area contributed by atoms with Gasteiger partial charge in [0.1, 0.15) is 22.8 Å². The van der Waals surface area contributed by atoms with Crippen LogP contribution in [0.5, 0.6) is 11.6 Å². The molecule has 11 heteroatoms. The number of methoxy groups -OCH3 is 1. The van der Waals surface area contributed by atoms with Gasteiger partial charge in [0.05, 0.1) is 17.6 Å². The summed E-state index contributed by atoms with van der Waals surface area (Å²) >= 11 is 0. The summed E-state index contributed by atoms with van der Waals surface area (Å²) in [7, 11) is -2.18. The van der Waals surface area contributed by atoms with Crippen molar-refractivity contribution in [2.45, 2.75) is 74.6 Å². The van der Waals surface area contributed by atoms with Crippen LogP contribution in [0.15, 0.2) is 51.9 Å². The van der Waals surface area contributed by atoms with E-state index in [0.29, 0.717) is 67.9 Å². The molecule has 6 rings (SSSR count). The molecule has 0 N–H and O–H groups in total. The van der Waals surface area contributed by atoms with Crippen molar-refractivity contribution in [2.24, 2.45) is 5.92 Å². The summed E-state index contributed by atoms with van der Waals surface area (Å²) in [5.41, 5.74) is 0.512. The highest BCUT2D eigenvalue weighted by molar-refractivity contribution is 7.86. The average molecular weight is 615 g/mol. The molecular weight excluding hydrogens is 572 g/mol. The second kappa shape index (κ2) is 13.1. The van der Waals surface area contributed by atoms with Crippen LogP contribution in [0.2, 0.25) is 0 Å². The van der Waals surface area contributed by atoms with Gasteiger partial charge in [-0.25, -0.2) is 0 Å². The van der Waals surface area contributed by atoms with E-state index in [1.807, 2.05) is 24.3 Å². The van der Waals surface area contributed by atoms with Gasteiger partial charge in [0.25, 0.3) is 16.0 Å². The summed E-state index contributed by atoms with van der Waals surface area (Å²) in [4.78, 5) is 2.55. The molecule has 1 saturated carbocycles. The van der Waals surface area contributed by atoms with E-state index in [1.165, 1.54) is 0 Å². The molecule has 0 bridgehead atoms. The van der Waals surface area contributed by atoms with Gasteiger partial charge in [-0.1, -0.05) is 24.3 Å². The summed E-state index contributed by atoms with van der Waals surface area (Å²) in [5, 5.41) is 4.98. The van der Waals surface area contributed by atoms with E-state index in [2.05, 4.69) is 10.1 Å². The molecule has 10 nitrogen and oxygen atoms in total. The van der Waals surface area contributed by atoms with Crippen LogP contribution in [0.4, 0.5) is 0 Å². The maximum absolute atomic E-state index is 13.3. The first kappa shape index (κ1) is 30.3. The molecule has 2 saturated heterocycles. The van der Waals surface area contributed by atoms with Gasteiger partial charge in [0.15, 0.2) is 5.58 Å². The largest absolute Gasteiger partial charge is 0.487 e. The fourth-order valence-corrected chi connectivity index (χ4v) is 8.11. The standard InChI is InChI=1S/C32H42N2O8S/c1-23-7-3-4-12-29(23)43(35,36)42-32(15-19-38-20-16-32)22-34-17-13-24(14-18-34)21-39-31-30-27(10-6-11-28(30)41-33-31)40-26-9-5-8-25(26)37-2/h3-4,6-7,10-12,24-26H,5,8-9,13-22H2,1-2H3/t25-,26-/m1/s1. The van der Waals surface area contributed by atoms with Crippen LogP contribution in [0.3, 0.4) is 0 Å². The van der Waals surface area contributed by atoms with Crippen molar-refractivity contribution in [3.05, 3.63) is 48.0 Å². The Labute approximate surface area is 253 Å². The van der Waals surface area contributed by atoms with E-state index in [0.717, 1.165) is 50.6 Å². The lowest BCUT2D eigenvalue weighted by molar-refractivity contribution is -0.0637. The number of fused-ring (bicyclic) bond motifs is 1. The van der Waals surface area contributed by atoms with Crippen molar-refractivity contribution >= 4 is 21.1 Å². The SMILES string of the molecule is CO[C@@H]1CCC[C@H]1Oc1cccc2onc(OCC3CCN(CC4(OS(=O)(=O)c5ccccc5C)CCOCC4)CC3)c12. The maximum Gasteiger partial charge on any atom is 0.297 e. The fourth-order valence-electron chi connectivity index (χ4n) is 6.63. The molecule has 2 atom stereocenters. The number of benzene rings is 2. The highest BCUT2D eigenvalue weighted by atomic mass is 32.2. The van der Waals surface area contributed by atoms with Crippen LogP contribution in [0.25, 0.3) is 11.0 Å². The van der Waals surface area contributed by atoms with Crippen molar-refractivity contribution in [3.63, 3.8) is 0 Å². The first-order chi connectivity index (χ1) is 20.9. The molecule has 3 aliphatic rings. The Kier molecular flexibility index (Phi) is 9.25. The fraction of sp³-hybridized carbons (Fsp3) is 0.594. The molecule has 2 aliphatic heterocycles. The summed E-state index contributed by atoms with van der Waals surface area (Å²) in [6, 6.07) is 12.7. The van der Waals surface area contributed by atoms with E-state index in [4.69, 9.17) is 27.7 Å². The zero-order valence-electron chi connectivity index (χ0n) is 25.0. The normalized spacial score (nSPS) is 23.5. The third-order valence-electron chi connectivity index (χ3n) is 9.13. The third kappa shape index (κ3) is 6.86. The van der Waals surface area contributed by atoms with Crippen LogP contribution in [0.1, 0.15) is 50.5 Å². The molecule has 3 heterocycles. The lowest BCUT2D eigenvalue weighted by Crippen LogP contribution is -2.51. The van der Waals surface area contributed by atoms with E-state index in [9.17, 15) is 8.42 Å². The topological polar surface area (TPSA) is 110 Å². The molecule has 2 aromatic carbocycles. The van der Waals surface area contributed by atoms with Gasteiger partial charge in [-0.2, -0.15) is 8.42 Å². The zero-order valence-corrected chi connectivity index (χ0v) is 25.9. The van der Waals surface area contributed by atoms with Crippen LogP contribution in [-0.4, -0.2) is 82.8 Å².